The number of rotatable bonds is 3. The Hall–Kier alpha value is -0.800. The van der Waals surface area contributed by atoms with Gasteiger partial charge in [-0.15, -0.1) is 0 Å². The number of fused-ring (bicyclic) bond motifs is 1. The van der Waals surface area contributed by atoms with Gasteiger partial charge in [-0.2, -0.15) is 0 Å². The molecular formula is C14H17BrN2. The summed E-state index contributed by atoms with van der Waals surface area (Å²) < 4.78 is 3.39. The number of hydrogen-bond donors (Lipinski definition) is 1. The van der Waals surface area contributed by atoms with E-state index < -0.39 is 0 Å². The van der Waals surface area contributed by atoms with Crippen LogP contribution in [0, 0.1) is 0 Å². The number of benzene rings is 1. The second-order valence-electron chi connectivity index (χ2n) is 5.13. The Balaban J connectivity index is 2.18. The number of hydrogen-bond acceptors (Lipinski definition) is 1. The molecule has 0 unspecified atom stereocenters. The minimum Gasteiger partial charge on any atom is -0.350 e. The molecular weight excluding hydrogens is 276 g/mol. The van der Waals surface area contributed by atoms with Crippen molar-refractivity contribution in [3.8, 4) is 0 Å². The average Bonchev–Trinajstić information content (AvgIpc) is 3.00. The molecule has 1 heterocycles. The Morgan fingerprint density at radius 2 is 2.18 bits per heavy atom. The lowest BCUT2D eigenvalue weighted by molar-refractivity contribution is 0.626. The molecule has 0 aliphatic heterocycles. The van der Waals surface area contributed by atoms with Crippen molar-refractivity contribution < 1.29 is 0 Å². The summed E-state index contributed by atoms with van der Waals surface area (Å²) in [5.74, 6) is 0. The molecule has 0 amide bonds. The van der Waals surface area contributed by atoms with E-state index in [1.54, 1.807) is 0 Å². The summed E-state index contributed by atoms with van der Waals surface area (Å²) >= 11 is 3.55. The van der Waals surface area contributed by atoms with Crippen LogP contribution in [0.4, 0.5) is 0 Å². The Kier molecular flexibility index (Phi) is 2.56. The summed E-state index contributed by atoms with van der Waals surface area (Å²) in [7, 11) is 4.18. The van der Waals surface area contributed by atoms with E-state index in [1.165, 1.54) is 29.3 Å². The maximum Gasteiger partial charge on any atom is 0.0492 e. The van der Waals surface area contributed by atoms with Crippen LogP contribution in [0.5, 0.6) is 0 Å². The molecule has 0 bridgehead atoms. The Labute approximate surface area is 110 Å². The zero-order chi connectivity index (χ0) is 12.0. The van der Waals surface area contributed by atoms with Crippen molar-refractivity contribution in [2.45, 2.75) is 18.3 Å². The van der Waals surface area contributed by atoms with Gasteiger partial charge in [-0.05, 0) is 37.6 Å². The minimum atomic E-state index is 0.391. The molecule has 0 atom stereocenters. The van der Waals surface area contributed by atoms with Crippen molar-refractivity contribution in [3.05, 3.63) is 34.4 Å². The van der Waals surface area contributed by atoms with Crippen molar-refractivity contribution >= 4 is 26.8 Å². The molecule has 1 N–H and O–H groups in total. The van der Waals surface area contributed by atoms with Crippen LogP contribution in [0.2, 0.25) is 0 Å². The van der Waals surface area contributed by atoms with Crippen LogP contribution in [0.15, 0.2) is 28.9 Å². The van der Waals surface area contributed by atoms with Crippen LogP contribution in [-0.2, 0) is 12.5 Å². The normalized spacial score (nSPS) is 17.6. The third kappa shape index (κ3) is 1.72. The molecule has 1 aliphatic rings. The molecule has 1 aliphatic carbocycles. The van der Waals surface area contributed by atoms with Crippen LogP contribution in [-0.4, -0.2) is 18.2 Å². The summed E-state index contributed by atoms with van der Waals surface area (Å²) in [6, 6.07) is 6.58. The third-order valence-electron chi connectivity index (χ3n) is 3.89. The Bertz CT molecular complexity index is 567. The quantitative estimate of drug-likeness (QED) is 0.919. The van der Waals surface area contributed by atoms with E-state index in [2.05, 4.69) is 57.3 Å². The van der Waals surface area contributed by atoms with Gasteiger partial charge in [-0.3, -0.25) is 0 Å². The van der Waals surface area contributed by atoms with Crippen molar-refractivity contribution in [3.63, 3.8) is 0 Å². The lowest BCUT2D eigenvalue weighted by atomic mass is 9.95. The summed E-state index contributed by atoms with van der Waals surface area (Å²) in [4.78, 5) is 0. The highest BCUT2D eigenvalue weighted by Gasteiger charge is 2.45. The predicted octanol–water partition coefficient (Wildman–Crippen LogP) is 3.19. The maximum absolute atomic E-state index is 3.55. The number of likely N-dealkylation sites (N-methyl/N-ethyl adjacent to an activating group) is 1. The fraction of sp³-hybridized carbons (Fsp3) is 0.429. The fourth-order valence-electron chi connectivity index (χ4n) is 2.81. The van der Waals surface area contributed by atoms with Crippen molar-refractivity contribution in [2.75, 3.05) is 13.6 Å². The van der Waals surface area contributed by atoms with Gasteiger partial charge < -0.3 is 9.88 Å². The van der Waals surface area contributed by atoms with Gasteiger partial charge in [-0.25, -0.2) is 0 Å². The average molecular weight is 293 g/mol. The van der Waals surface area contributed by atoms with Crippen LogP contribution in [0.25, 0.3) is 10.9 Å². The lowest BCUT2D eigenvalue weighted by Gasteiger charge is -2.13. The first-order chi connectivity index (χ1) is 8.16. The summed E-state index contributed by atoms with van der Waals surface area (Å²) in [5, 5.41) is 4.74. The van der Waals surface area contributed by atoms with Gasteiger partial charge in [-0.1, -0.05) is 22.0 Å². The summed E-state index contributed by atoms with van der Waals surface area (Å²) in [5.41, 5.74) is 3.22. The minimum absolute atomic E-state index is 0.391. The van der Waals surface area contributed by atoms with Gasteiger partial charge in [0.25, 0.3) is 0 Å². The van der Waals surface area contributed by atoms with E-state index >= 15 is 0 Å². The smallest absolute Gasteiger partial charge is 0.0492 e. The second-order valence-corrected chi connectivity index (χ2v) is 6.04. The SMILES string of the molecule is CNCC1(c2cn(C)c3cc(Br)ccc23)CC1. The van der Waals surface area contributed by atoms with E-state index in [9.17, 15) is 0 Å². The fourth-order valence-corrected chi connectivity index (χ4v) is 3.16. The molecule has 1 fully saturated rings. The highest BCUT2D eigenvalue weighted by Crippen LogP contribution is 2.50. The topological polar surface area (TPSA) is 17.0 Å². The van der Waals surface area contributed by atoms with Gasteiger partial charge in [0.05, 0.1) is 0 Å². The molecule has 0 radical (unpaired) electrons. The standard InChI is InChI=1S/C14H17BrN2/c1-16-9-14(5-6-14)12-8-17(2)13-7-10(15)3-4-11(12)13/h3-4,7-8,16H,5-6,9H2,1-2H3. The molecule has 3 rings (SSSR count). The predicted molar refractivity (Wildman–Crippen MR) is 75.5 cm³/mol. The molecule has 2 nitrogen and oxygen atoms in total. The molecule has 0 saturated heterocycles. The molecule has 1 aromatic carbocycles. The monoisotopic (exact) mass is 292 g/mol. The van der Waals surface area contributed by atoms with Crippen LogP contribution in [0.1, 0.15) is 18.4 Å². The van der Waals surface area contributed by atoms with Crippen LogP contribution in [0.3, 0.4) is 0 Å². The zero-order valence-corrected chi connectivity index (χ0v) is 11.8. The number of halogens is 1. The van der Waals surface area contributed by atoms with Crippen molar-refractivity contribution in [1.82, 2.24) is 9.88 Å². The number of nitrogens with zero attached hydrogens (tertiary/aromatic N) is 1. The maximum atomic E-state index is 3.55. The van der Waals surface area contributed by atoms with Gasteiger partial charge >= 0.3 is 0 Å². The van der Waals surface area contributed by atoms with E-state index in [0.717, 1.165) is 11.0 Å². The molecule has 17 heavy (non-hydrogen) atoms. The van der Waals surface area contributed by atoms with Gasteiger partial charge in [0.1, 0.15) is 0 Å². The van der Waals surface area contributed by atoms with E-state index in [1.807, 2.05) is 7.05 Å². The van der Waals surface area contributed by atoms with Crippen LogP contribution < -0.4 is 5.32 Å². The lowest BCUT2D eigenvalue weighted by Crippen LogP contribution is -2.23. The van der Waals surface area contributed by atoms with E-state index in [4.69, 9.17) is 0 Å². The van der Waals surface area contributed by atoms with Gasteiger partial charge in [0, 0.05) is 40.6 Å². The molecule has 1 saturated carbocycles. The molecule has 90 valence electrons. The highest BCUT2D eigenvalue weighted by atomic mass is 79.9. The van der Waals surface area contributed by atoms with Crippen LogP contribution >= 0.6 is 15.9 Å². The van der Waals surface area contributed by atoms with Crippen molar-refractivity contribution in [1.29, 1.82) is 0 Å². The van der Waals surface area contributed by atoms with Crippen molar-refractivity contribution in [2.24, 2.45) is 7.05 Å². The molecule has 3 heteroatoms. The first-order valence-electron chi connectivity index (χ1n) is 6.06. The van der Waals surface area contributed by atoms with E-state index in [-0.39, 0.29) is 0 Å². The van der Waals surface area contributed by atoms with Gasteiger partial charge in [0.15, 0.2) is 0 Å². The Morgan fingerprint density at radius 3 is 2.82 bits per heavy atom. The first-order valence-corrected chi connectivity index (χ1v) is 6.85. The largest absolute Gasteiger partial charge is 0.350 e. The zero-order valence-electron chi connectivity index (χ0n) is 10.3. The molecule has 1 aromatic heterocycles. The number of aryl methyl sites for hydroxylation is 1. The second kappa shape index (κ2) is 3.85. The highest BCUT2D eigenvalue weighted by molar-refractivity contribution is 9.10. The molecule has 2 aromatic rings. The summed E-state index contributed by atoms with van der Waals surface area (Å²) in [6.45, 7) is 1.09. The Morgan fingerprint density at radius 1 is 1.41 bits per heavy atom. The van der Waals surface area contributed by atoms with Gasteiger partial charge in [0.2, 0.25) is 0 Å². The summed E-state index contributed by atoms with van der Waals surface area (Å²) in [6.07, 6.45) is 4.92. The third-order valence-corrected chi connectivity index (χ3v) is 4.39. The number of aromatic nitrogens is 1. The molecule has 0 spiro atoms. The van der Waals surface area contributed by atoms with E-state index in [0.29, 0.717) is 5.41 Å². The number of nitrogens with one attached hydrogen (secondary N) is 1. The first kappa shape index (κ1) is 11.3.